The normalized spacial score (nSPS) is 10.3. The van der Waals surface area contributed by atoms with E-state index in [0.717, 1.165) is 15.6 Å². The monoisotopic (exact) mass is 290 g/mol. The fraction of sp³-hybridized carbons (Fsp3) is 0.214. The lowest BCUT2D eigenvalue weighted by molar-refractivity contribution is 0.0696. The van der Waals surface area contributed by atoms with E-state index < -0.39 is 5.97 Å². The number of thiazole rings is 1. The van der Waals surface area contributed by atoms with Crippen LogP contribution >= 0.6 is 11.3 Å². The number of carbonyl (C=O) groups excluding carboxylic acids is 1. The highest BCUT2D eigenvalue weighted by atomic mass is 32.1. The Balaban J connectivity index is 2.01. The van der Waals surface area contributed by atoms with Crippen LogP contribution in [0.1, 0.15) is 36.3 Å². The molecule has 2 N–H and O–H groups in total. The largest absolute Gasteiger partial charge is 0.478 e. The van der Waals surface area contributed by atoms with Gasteiger partial charge in [-0.15, -0.1) is 11.3 Å². The van der Waals surface area contributed by atoms with Crippen molar-refractivity contribution in [2.75, 3.05) is 0 Å². The number of carboxylic acid groups (broad SMARTS) is 1. The summed E-state index contributed by atoms with van der Waals surface area (Å²) in [6, 6.07) is 5.84. The van der Waals surface area contributed by atoms with Crippen molar-refractivity contribution in [2.45, 2.75) is 20.4 Å². The number of carbonyl (C=O) groups is 2. The van der Waals surface area contributed by atoms with Crippen molar-refractivity contribution in [3.8, 4) is 0 Å². The van der Waals surface area contributed by atoms with Crippen LogP contribution < -0.4 is 5.32 Å². The van der Waals surface area contributed by atoms with Crippen LogP contribution in [0.3, 0.4) is 0 Å². The molecule has 1 heterocycles. The Morgan fingerprint density at radius 2 is 1.80 bits per heavy atom. The quantitative estimate of drug-likeness (QED) is 0.906. The Hall–Kier alpha value is -2.21. The molecule has 0 saturated carbocycles. The van der Waals surface area contributed by atoms with Crippen LogP contribution in [-0.4, -0.2) is 22.0 Å². The first-order chi connectivity index (χ1) is 9.47. The highest BCUT2D eigenvalue weighted by molar-refractivity contribution is 7.11. The highest BCUT2D eigenvalue weighted by Crippen LogP contribution is 2.16. The molecule has 0 unspecified atom stereocenters. The van der Waals surface area contributed by atoms with Gasteiger partial charge in [0, 0.05) is 10.4 Å². The smallest absolute Gasteiger partial charge is 0.335 e. The number of hydrogen-bond donors (Lipinski definition) is 2. The van der Waals surface area contributed by atoms with E-state index in [9.17, 15) is 9.59 Å². The molecule has 1 amide bonds. The Labute approximate surface area is 120 Å². The maximum atomic E-state index is 11.9. The first-order valence-electron chi connectivity index (χ1n) is 6.02. The number of benzene rings is 1. The fourth-order valence-electron chi connectivity index (χ4n) is 1.76. The summed E-state index contributed by atoms with van der Waals surface area (Å²) in [5.74, 6) is -1.24. The van der Waals surface area contributed by atoms with Crippen LogP contribution in [0.4, 0.5) is 0 Å². The van der Waals surface area contributed by atoms with Crippen LogP contribution in [0, 0.1) is 13.8 Å². The van der Waals surface area contributed by atoms with Gasteiger partial charge in [-0.3, -0.25) is 4.79 Å². The van der Waals surface area contributed by atoms with Gasteiger partial charge in [0.1, 0.15) is 0 Å². The second-order valence-corrected chi connectivity index (χ2v) is 5.59. The number of aryl methyl sites for hydroxylation is 2. The summed E-state index contributed by atoms with van der Waals surface area (Å²) in [6.07, 6.45) is 0. The number of nitrogens with one attached hydrogen (secondary N) is 1. The van der Waals surface area contributed by atoms with Gasteiger partial charge >= 0.3 is 5.97 Å². The van der Waals surface area contributed by atoms with Crippen LogP contribution in [-0.2, 0) is 6.54 Å². The molecule has 20 heavy (non-hydrogen) atoms. The van der Waals surface area contributed by atoms with Crippen LogP contribution in [0.25, 0.3) is 0 Å². The van der Waals surface area contributed by atoms with Crippen LogP contribution in [0.2, 0.25) is 0 Å². The molecule has 1 aromatic heterocycles. The van der Waals surface area contributed by atoms with E-state index in [1.807, 2.05) is 13.8 Å². The zero-order chi connectivity index (χ0) is 14.7. The van der Waals surface area contributed by atoms with Crippen molar-refractivity contribution in [3.63, 3.8) is 0 Å². The van der Waals surface area contributed by atoms with E-state index in [0.29, 0.717) is 12.1 Å². The predicted molar refractivity (Wildman–Crippen MR) is 76.2 cm³/mol. The molecule has 0 fully saturated rings. The average molecular weight is 290 g/mol. The van der Waals surface area contributed by atoms with Crippen LogP contribution in [0.15, 0.2) is 24.3 Å². The standard InChI is InChI=1S/C14H14N2O3S/c1-8-12(20-9(2)16-8)7-15-13(17)10-3-5-11(6-4-10)14(18)19/h3-6H,7H2,1-2H3,(H,15,17)(H,18,19). The van der Waals surface area contributed by atoms with E-state index >= 15 is 0 Å². The maximum absolute atomic E-state index is 11.9. The lowest BCUT2D eigenvalue weighted by atomic mass is 10.1. The van der Waals surface area contributed by atoms with Gasteiger partial charge in [0.2, 0.25) is 0 Å². The van der Waals surface area contributed by atoms with Crippen molar-refractivity contribution in [1.82, 2.24) is 10.3 Å². The first-order valence-corrected chi connectivity index (χ1v) is 6.83. The lowest BCUT2D eigenvalue weighted by Gasteiger charge is -2.04. The third-order valence-electron chi connectivity index (χ3n) is 2.80. The molecule has 2 aromatic rings. The molecule has 0 aliphatic carbocycles. The van der Waals surface area contributed by atoms with Crippen molar-refractivity contribution in [3.05, 3.63) is 51.0 Å². The van der Waals surface area contributed by atoms with E-state index in [2.05, 4.69) is 10.3 Å². The van der Waals surface area contributed by atoms with Gasteiger partial charge in [0.25, 0.3) is 5.91 Å². The summed E-state index contributed by atoms with van der Waals surface area (Å²) < 4.78 is 0. The Kier molecular flexibility index (Phi) is 4.14. The molecule has 0 spiro atoms. The van der Waals surface area contributed by atoms with Gasteiger partial charge in [0.15, 0.2) is 0 Å². The summed E-state index contributed by atoms with van der Waals surface area (Å²) in [7, 11) is 0. The summed E-state index contributed by atoms with van der Waals surface area (Å²) in [5, 5.41) is 12.6. The molecule has 5 nitrogen and oxygen atoms in total. The molecule has 0 aliphatic rings. The zero-order valence-electron chi connectivity index (χ0n) is 11.1. The number of nitrogens with zero attached hydrogens (tertiary/aromatic N) is 1. The SMILES string of the molecule is Cc1nc(C)c(CNC(=O)c2ccc(C(=O)O)cc2)s1. The van der Waals surface area contributed by atoms with Gasteiger partial charge in [-0.2, -0.15) is 0 Å². The highest BCUT2D eigenvalue weighted by Gasteiger charge is 2.10. The van der Waals surface area contributed by atoms with Gasteiger partial charge in [-0.05, 0) is 38.1 Å². The zero-order valence-corrected chi connectivity index (χ0v) is 12.0. The lowest BCUT2D eigenvalue weighted by Crippen LogP contribution is -2.22. The number of aromatic carboxylic acids is 1. The number of rotatable bonds is 4. The molecule has 0 saturated heterocycles. The molecule has 0 aliphatic heterocycles. The predicted octanol–water partition coefficient (Wildman–Crippen LogP) is 2.39. The number of carboxylic acids is 1. The number of aromatic nitrogens is 1. The van der Waals surface area contributed by atoms with E-state index in [1.54, 1.807) is 11.3 Å². The minimum absolute atomic E-state index is 0.162. The topological polar surface area (TPSA) is 79.3 Å². The van der Waals surface area contributed by atoms with Crippen molar-refractivity contribution < 1.29 is 14.7 Å². The van der Waals surface area contributed by atoms with Gasteiger partial charge < -0.3 is 10.4 Å². The molecule has 1 aromatic carbocycles. The van der Waals surface area contributed by atoms with E-state index in [-0.39, 0.29) is 11.5 Å². The summed E-state index contributed by atoms with van der Waals surface area (Å²) in [5.41, 5.74) is 1.53. The van der Waals surface area contributed by atoms with Gasteiger partial charge in [-0.1, -0.05) is 0 Å². The molecule has 104 valence electrons. The van der Waals surface area contributed by atoms with Crippen molar-refractivity contribution in [2.24, 2.45) is 0 Å². The molecule has 0 atom stereocenters. The number of amides is 1. The Bertz CT molecular complexity index is 647. The summed E-state index contributed by atoms with van der Waals surface area (Å²) >= 11 is 1.55. The average Bonchev–Trinajstić information content (AvgIpc) is 2.74. The second kappa shape index (κ2) is 5.83. The molecular weight excluding hydrogens is 276 g/mol. The van der Waals surface area contributed by atoms with Gasteiger partial charge in [-0.25, -0.2) is 9.78 Å². The Morgan fingerprint density at radius 1 is 1.20 bits per heavy atom. The first kappa shape index (κ1) is 14.2. The molecule has 2 rings (SSSR count). The van der Waals surface area contributed by atoms with Gasteiger partial charge in [0.05, 0.1) is 22.8 Å². The minimum Gasteiger partial charge on any atom is -0.478 e. The summed E-state index contributed by atoms with van der Waals surface area (Å²) in [4.78, 5) is 28.0. The number of hydrogen-bond acceptors (Lipinski definition) is 4. The van der Waals surface area contributed by atoms with Crippen molar-refractivity contribution in [1.29, 1.82) is 0 Å². The molecule has 0 radical (unpaired) electrons. The fourth-order valence-corrected chi connectivity index (χ4v) is 2.64. The third-order valence-corrected chi connectivity index (χ3v) is 3.88. The van der Waals surface area contributed by atoms with E-state index in [1.165, 1.54) is 24.3 Å². The van der Waals surface area contributed by atoms with Crippen molar-refractivity contribution >= 4 is 23.2 Å². The Morgan fingerprint density at radius 3 is 2.30 bits per heavy atom. The van der Waals surface area contributed by atoms with Crippen LogP contribution in [0.5, 0.6) is 0 Å². The molecule has 6 heteroatoms. The molecular formula is C14H14N2O3S. The minimum atomic E-state index is -1.01. The summed E-state index contributed by atoms with van der Waals surface area (Å²) in [6.45, 7) is 4.26. The second-order valence-electron chi connectivity index (χ2n) is 4.31. The third kappa shape index (κ3) is 3.21. The van der Waals surface area contributed by atoms with E-state index in [4.69, 9.17) is 5.11 Å². The molecule has 0 bridgehead atoms. The maximum Gasteiger partial charge on any atom is 0.335 e.